The third kappa shape index (κ3) is 2.00. The van der Waals surface area contributed by atoms with Crippen LogP contribution in [0.15, 0.2) is 11.4 Å². The third-order valence-electron chi connectivity index (χ3n) is 2.57. The maximum absolute atomic E-state index is 10.5. The topological polar surface area (TPSA) is 29.5 Å². The molecule has 0 spiro atoms. The van der Waals surface area contributed by atoms with Crippen LogP contribution in [0.4, 0.5) is 0 Å². The smallest absolute Gasteiger partial charge is 0.124 e. The fraction of sp³-hybridized carbons (Fsp3) is 0.636. The highest BCUT2D eigenvalue weighted by molar-refractivity contribution is 7.10. The Balaban J connectivity index is 3.05. The van der Waals surface area contributed by atoms with Crippen molar-refractivity contribution in [3.8, 4) is 0 Å². The van der Waals surface area contributed by atoms with Crippen LogP contribution in [-0.4, -0.2) is 18.8 Å². The van der Waals surface area contributed by atoms with Gasteiger partial charge in [-0.15, -0.1) is 11.3 Å². The molecule has 1 aromatic heterocycles. The van der Waals surface area contributed by atoms with Gasteiger partial charge in [0.25, 0.3) is 0 Å². The van der Waals surface area contributed by atoms with Crippen LogP contribution < -0.4 is 0 Å². The molecule has 3 heteroatoms. The van der Waals surface area contributed by atoms with E-state index in [1.54, 1.807) is 18.4 Å². The molecular formula is C11H18O2S. The summed E-state index contributed by atoms with van der Waals surface area (Å²) in [6.07, 6.45) is 0. The van der Waals surface area contributed by atoms with Crippen LogP contribution in [0.1, 0.15) is 24.3 Å². The molecule has 1 N–H and O–H groups in total. The van der Waals surface area contributed by atoms with Gasteiger partial charge in [-0.1, -0.05) is 13.8 Å². The number of hydrogen-bond acceptors (Lipinski definition) is 3. The average molecular weight is 214 g/mol. The Morgan fingerprint density at radius 2 is 2.21 bits per heavy atom. The lowest BCUT2D eigenvalue weighted by atomic mass is 9.88. The third-order valence-corrected chi connectivity index (χ3v) is 3.76. The Labute approximate surface area is 89.5 Å². The van der Waals surface area contributed by atoms with E-state index in [0.29, 0.717) is 6.61 Å². The van der Waals surface area contributed by atoms with Gasteiger partial charge in [0.2, 0.25) is 0 Å². The molecule has 0 amide bonds. The zero-order valence-electron chi connectivity index (χ0n) is 9.20. The predicted octanol–water partition coefficient (Wildman–Crippen LogP) is 2.55. The van der Waals surface area contributed by atoms with Gasteiger partial charge >= 0.3 is 0 Å². The molecule has 0 saturated carbocycles. The monoisotopic (exact) mass is 214 g/mol. The molecule has 0 aliphatic heterocycles. The molecule has 80 valence electrons. The van der Waals surface area contributed by atoms with Crippen LogP contribution >= 0.6 is 11.3 Å². The summed E-state index contributed by atoms with van der Waals surface area (Å²) in [6.45, 7) is 6.40. The fourth-order valence-corrected chi connectivity index (χ4v) is 2.69. The highest BCUT2D eigenvalue weighted by Crippen LogP contribution is 2.35. The van der Waals surface area contributed by atoms with E-state index in [0.717, 1.165) is 10.4 Å². The van der Waals surface area contributed by atoms with Crippen molar-refractivity contribution in [1.82, 2.24) is 0 Å². The normalized spacial score (nSPS) is 15.9. The summed E-state index contributed by atoms with van der Waals surface area (Å²) in [4.78, 5) is 1.02. The van der Waals surface area contributed by atoms with E-state index in [1.165, 1.54) is 0 Å². The largest absolute Gasteiger partial charge is 0.382 e. The minimum atomic E-state index is -0.840. The van der Waals surface area contributed by atoms with Gasteiger partial charge in [-0.25, -0.2) is 0 Å². The lowest BCUT2D eigenvalue weighted by molar-refractivity contribution is -0.0676. The summed E-state index contributed by atoms with van der Waals surface area (Å²) in [5.74, 6) is 0.153. The first-order chi connectivity index (χ1) is 6.52. The van der Waals surface area contributed by atoms with Crippen LogP contribution in [0.3, 0.4) is 0 Å². The zero-order chi connectivity index (χ0) is 10.8. The number of rotatable bonds is 4. The van der Waals surface area contributed by atoms with Gasteiger partial charge in [-0.05, 0) is 29.9 Å². The molecule has 1 atom stereocenters. The van der Waals surface area contributed by atoms with Crippen molar-refractivity contribution in [2.24, 2.45) is 5.92 Å². The van der Waals surface area contributed by atoms with Gasteiger partial charge < -0.3 is 9.84 Å². The summed E-state index contributed by atoms with van der Waals surface area (Å²) < 4.78 is 5.10. The number of thiophene rings is 1. The van der Waals surface area contributed by atoms with E-state index < -0.39 is 5.60 Å². The molecule has 1 heterocycles. The number of aryl methyl sites for hydroxylation is 1. The van der Waals surface area contributed by atoms with E-state index >= 15 is 0 Å². The summed E-state index contributed by atoms with van der Waals surface area (Å²) in [5, 5.41) is 12.5. The molecule has 0 aliphatic rings. The summed E-state index contributed by atoms with van der Waals surface area (Å²) in [6, 6.07) is 2.03. The molecule has 14 heavy (non-hydrogen) atoms. The van der Waals surface area contributed by atoms with Crippen LogP contribution in [-0.2, 0) is 10.3 Å². The van der Waals surface area contributed by atoms with E-state index in [-0.39, 0.29) is 5.92 Å². The van der Waals surface area contributed by atoms with Crippen molar-refractivity contribution in [3.63, 3.8) is 0 Å². The maximum atomic E-state index is 10.5. The predicted molar refractivity (Wildman–Crippen MR) is 59.7 cm³/mol. The first-order valence-electron chi connectivity index (χ1n) is 4.78. The SMILES string of the molecule is COCC(O)(c1sccc1C)C(C)C. The number of ether oxygens (including phenoxy) is 1. The minimum Gasteiger partial charge on any atom is -0.382 e. The highest BCUT2D eigenvalue weighted by atomic mass is 32.1. The Bertz CT molecular complexity index is 293. The molecule has 2 nitrogen and oxygen atoms in total. The molecule has 0 saturated heterocycles. The van der Waals surface area contributed by atoms with E-state index in [9.17, 15) is 5.11 Å². The molecule has 1 aromatic rings. The van der Waals surface area contributed by atoms with Crippen molar-refractivity contribution in [2.45, 2.75) is 26.4 Å². The molecule has 1 rings (SSSR count). The van der Waals surface area contributed by atoms with Crippen molar-refractivity contribution >= 4 is 11.3 Å². The van der Waals surface area contributed by atoms with Gasteiger partial charge in [-0.2, -0.15) is 0 Å². The quantitative estimate of drug-likeness (QED) is 0.834. The first-order valence-corrected chi connectivity index (χ1v) is 5.66. The number of aliphatic hydroxyl groups is 1. The van der Waals surface area contributed by atoms with E-state index in [4.69, 9.17) is 4.74 Å². The van der Waals surface area contributed by atoms with Crippen molar-refractivity contribution in [3.05, 3.63) is 21.9 Å². The number of methoxy groups -OCH3 is 1. The van der Waals surface area contributed by atoms with Gasteiger partial charge in [-0.3, -0.25) is 0 Å². The van der Waals surface area contributed by atoms with Crippen molar-refractivity contribution < 1.29 is 9.84 Å². The van der Waals surface area contributed by atoms with Gasteiger partial charge in [0.05, 0.1) is 6.61 Å². The van der Waals surface area contributed by atoms with Crippen molar-refractivity contribution in [1.29, 1.82) is 0 Å². The average Bonchev–Trinajstić information content (AvgIpc) is 2.51. The Kier molecular flexibility index (Phi) is 3.70. The van der Waals surface area contributed by atoms with Crippen LogP contribution in [0, 0.1) is 12.8 Å². The van der Waals surface area contributed by atoms with Crippen molar-refractivity contribution in [2.75, 3.05) is 13.7 Å². The van der Waals surface area contributed by atoms with Gasteiger partial charge in [0.1, 0.15) is 5.60 Å². The maximum Gasteiger partial charge on any atom is 0.124 e. The van der Waals surface area contributed by atoms with Crippen LogP contribution in [0.2, 0.25) is 0 Å². The van der Waals surface area contributed by atoms with E-state index in [1.807, 2.05) is 32.2 Å². The second-order valence-corrected chi connectivity index (χ2v) is 4.86. The standard InChI is InChI=1S/C11H18O2S/c1-8(2)11(12,7-13-4)10-9(3)5-6-14-10/h5-6,8,12H,7H2,1-4H3. The summed E-state index contributed by atoms with van der Waals surface area (Å²) in [7, 11) is 1.62. The van der Waals surface area contributed by atoms with E-state index in [2.05, 4.69) is 0 Å². The summed E-state index contributed by atoms with van der Waals surface area (Å²) in [5.41, 5.74) is 0.302. The molecule has 0 aromatic carbocycles. The molecule has 1 unspecified atom stereocenters. The minimum absolute atomic E-state index is 0.153. The highest BCUT2D eigenvalue weighted by Gasteiger charge is 2.35. The molecule has 0 radical (unpaired) electrons. The van der Waals surface area contributed by atoms with Gasteiger partial charge in [0.15, 0.2) is 0 Å². The second-order valence-electron chi connectivity index (χ2n) is 3.94. The van der Waals surface area contributed by atoms with Gasteiger partial charge in [0, 0.05) is 12.0 Å². The molecule has 0 fully saturated rings. The lowest BCUT2D eigenvalue weighted by Gasteiger charge is -2.31. The van der Waals surface area contributed by atoms with Crippen LogP contribution in [0.5, 0.6) is 0 Å². The lowest BCUT2D eigenvalue weighted by Crippen LogP contribution is -2.36. The summed E-state index contributed by atoms with van der Waals surface area (Å²) >= 11 is 1.59. The Hall–Kier alpha value is -0.380. The zero-order valence-corrected chi connectivity index (χ0v) is 10.0. The molecule has 0 bridgehead atoms. The molecular weight excluding hydrogens is 196 g/mol. The van der Waals surface area contributed by atoms with Crippen LogP contribution in [0.25, 0.3) is 0 Å². The Morgan fingerprint density at radius 1 is 1.57 bits per heavy atom. The number of hydrogen-bond donors (Lipinski definition) is 1. The second kappa shape index (κ2) is 4.43. The first kappa shape index (κ1) is 11.7. The molecule has 0 aliphatic carbocycles. The Morgan fingerprint density at radius 3 is 2.57 bits per heavy atom. The fourth-order valence-electron chi connectivity index (χ4n) is 1.53.